The summed E-state index contributed by atoms with van der Waals surface area (Å²) in [4.78, 5) is 21.6. The molecule has 0 atom stereocenters. The summed E-state index contributed by atoms with van der Waals surface area (Å²) in [5.74, 6) is 0. The first-order valence-electron chi connectivity index (χ1n) is 0.783. The molecule has 0 fully saturated rings. The van der Waals surface area contributed by atoms with Crippen molar-refractivity contribution in [1.29, 1.82) is 0 Å². The molecule has 0 aromatic rings. The van der Waals surface area contributed by atoms with Crippen LogP contribution >= 0.6 is 7.82 Å². The van der Waals surface area contributed by atoms with Crippen molar-refractivity contribution in [1.82, 2.24) is 0 Å². The van der Waals surface area contributed by atoms with Crippen LogP contribution in [0.3, 0.4) is 0 Å². The van der Waals surface area contributed by atoms with Gasteiger partial charge in [0.1, 0.15) is 0 Å². The maximum Gasteiger partial charge on any atom is 0 e. The Morgan fingerprint density at radius 3 is 1.00 bits per heavy atom. The molecule has 0 aliphatic carbocycles. The molecular weight excluding hydrogens is 260 g/mol. The monoisotopic (exact) mass is 264 g/mol. The van der Waals surface area contributed by atoms with Crippen molar-refractivity contribution < 1.29 is 73.4 Å². The van der Waals surface area contributed by atoms with Crippen molar-refractivity contribution in [3.63, 3.8) is 0 Å². The summed E-state index contributed by atoms with van der Waals surface area (Å²) in [6.07, 6.45) is 0. The maximum absolute atomic E-state index is 8.88. The van der Waals surface area contributed by atoms with E-state index < -0.39 is 7.82 Å². The largest absolute Gasteiger partial charge is 0 e. The van der Waals surface area contributed by atoms with E-state index >= 15 is 0 Å². The molecule has 0 rings (SSSR count). The molecule has 0 aliphatic rings. The molecular formula is H4FeLiO4PV2. The summed E-state index contributed by atoms with van der Waals surface area (Å²) < 4.78 is 8.88. The topological polar surface area (TPSA) is 77.8 Å². The van der Waals surface area contributed by atoms with Crippen LogP contribution in [0.15, 0.2) is 0 Å². The van der Waals surface area contributed by atoms with Crippen molar-refractivity contribution in [3.05, 3.63) is 0 Å². The summed E-state index contributed by atoms with van der Waals surface area (Å²) >= 11 is 0. The van der Waals surface area contributed by atoms with Crippen LogP contribution in [0.1, 0.15) is 0 Å². The quantitative estimate of drug-likeness (QED) is 0.364. The van der Waals surface area contributed by atoms with Crippen LogP contribution in [0.5, 0.6) is 0 Å². The van der Waals surface area contributed by atoms with Gasteiger partial charge in [-0.05, 0) is 0 Å². The van der Waals surface area contributed by atoms with Gasteiger partial charge in [-0.25, -0.2) is 4.57 Å². The zero-order valence-corrected chi connectivity index (χ0v) is 8.24. The molecule has 0 aliphatic heterocycles. The van der Waals surface area contributed by atoms with E-state index in [9.17, 15) is 0 Å². The SMILES string of the molecule is O=P(O)(O)O.[Fe].[LiH].[V].[V]. The third-order valence-corrected chi connectivity index (χ3v) is 0. The van der Waals surface area contributed by atoms with Gasteiger partial charge in [-0.1, -0.05) is 0 Å². The maximum atomic E-state index is 8.88. The Morgan fingerprint density at radius 2 is 1.00 bits per heavy atom. The van der Waals surface area contributed by atoms with Gasteiger partial charge in [-0.3, -0.25) is 0 Å². The van der Waals surface area contributed by atoms with Crippen molar-refractivity contribution in [3.8, 4) is 0 Å². The molecule has 3 N–H and O–H groups in total. The van der Waals surface area contributed by atoms with Crippen molar-refractivity contribution >= 4 is 26.7 Å². The van der Waals surface area contributed by atoms with Crippen molar-refractivity contribution in [2.75, 3.05) is 0 Å². The predicted octanol–water partition coefficient (Wildman–Crippen LogP) is -1.58. The number of hydrogen-bond donors (Lipinski definition) is 3. The molecule has 0 spiro atoms. The van der Waals surface area contributed by atoms with Gasteiger partial charge in [-0.15, -0.1) is 0 Å². The molecule has 0 saturated heterocycles. The first-order valence-corrected chi connectivity index (χ1v) is 2.35. The Hall–Kier alpha value is 2.40. The van der Waals surface area contributed by atoms with Crippen LogP contribution in [-0.4, -0.2) is 33.5 Å². The fourth-order valence-corrected chi connectivity index (χ4v) is 0. The molecule has 0 unspecified atom stereocenters. The number of hydrogen-bond acceptors (Lipinski definition) is 1. The summed E-state index contributed by atoms with van der Waals surface area (Å²) in [6.45, 7) is 0. The Kier molecular flexibility index (Phi) is 43.6. The van der Waals surface area contributed by atoms with Crippen molar-refractivity contribution in [2.45, 2.75) is 0 Å². The van der Waals surface area contributed by atoms with Gasteiger partial charge in [0.2, 0.25) is 0 Å². The minimum Gasteiger partial charge on any atom is 0 e. The van der Waals surface area contributed by atoms with Gasteiger partial charge in [0.25, 0.3) is 0 Å². The van der Waals surface area contributed by atoms with Crippen molar-refractivity contribution in [2.24, 2.45) is 0 Å². The summed E-state index contributed by atoms with van der Waals surface area (Å²) in [5.41, 5.74) is 0. The van der Waals surface area contributed by atoms with E-state index in [1.165, 1.54) is 0 Å². The fourth-order valence-electron chi connectivity index (χ4n) is 0. The van der Waals surface area contributed by atoms with E-state index in [1.54, 1.807) is 0 Å². The summed E-state index contributed by atoms with van der Waals surface area (Å²) in [5, 5.41) is 0. The van der Waals surface area contributed by atoms with Gasteiger partial charge < -0.3 is 14.7 Å². The molecule has 0 amide bonds. The Bertz CT molecular complexity index is 64.7. The second kappa shape index (κ2) is 13.0. The van der Waals surface area contributed by atoms with E-state index in [0.717, 1.165) is 0 Å². The van der Waals surface area contributed by atoms with Crippen LogP contribution in [0.25, 0.3) is 0 Å². The van der Waals surface area contributed by atoms with Crippen LogP contribution in [0.2, 0.25) is 0 Å². The van der Waals surface area contributed by atoms with Gasteiger partial charge >= 0.3 is 26.7 Å². The zero-order valence-electron chi connectivity index (χ0n) is 3.45. The van der Waals surface area contributed by atoms with Crippen LogP contribution < -0.4 is 0 Å². The molecule has 0 aromatic heterocycles. The minimum atomic E-state index is -4.64. The molecule has 4 nitrogen and oxygen atoms in total. The number of rotatable bonds is 0. The molecule has 2 radical (unpaired) electrons. The van der Waals surface area contributed by atoms with Gasteiger partial charge in [-0.2, -0.15) is 0 Å². The van der Waals surface area contributed by atoms with E-state index in [2.05, 4.69) is 0 Å². The van der Waals surface area contributed by atoms with Crippen LogP contribution in [0.4, 0.5) is 0 Å². The molecule has 9 heteroatoms. The van der Waals surface area contributed by atoms with Gasteiger partial charge in [0, 0.05) is 54.2 Å². The first kappa shape index (κ1) is 30.1. The first-order chi connectivity index (χ1) is 2.00. The molecule has 52 valence electrons. The zero-order chi connectivity index (χ0) is 4.50. The third-order valence-electron chi connectivity index (χ3n) is 0. The molecule has 9 heavy (non-hydrogen) atoms. The normalized spacial score (nSPS) is 6.56. The Morgan fingerprint density at radius 1 is 1.00 bits per heavy atom. The van der Waals surface area contributed by atoms with E-state index in [4.69, 9.17) is 19.2 Å². The third kappa shape index (κ3) is 128. The van der Waals surface area contributed by atoms with E-state index in [-0.39, 0.29) is 73.0 Å². The minimum absolute atomic E-state index is 0. The molecule has 0 heterocycles. The summed E-state index contributed by atoms with van der Waals surface area (Å²) in [6, 6.07) is 0. The fraction of sp³-hybridized carbons (Fsp3) is 0. The Balaban J connectivity index is -0.0000000133. The average molecular weight is 264 g/mol. The average Bonchev–Trinajstić information content (AvgIpc) is 0.722. The molecule has 0 saturated carbocycles. The van der Waals surface area contributed by atoms with Crippen LogP contribution in [-0.2, 0) is 58.7 Å². The predicted molar refractivity (Wildman–Crippen MR) is 21.4 cm³/mol. The molecule has 0 bridgehead atoms. The van der Waals surface area contributed by atoms with Crippen LogP contribution in [0, 0.1) is 0 Å². The van der Waals surface area contributed by atoms with Gasteiger partial charge in [0.05, 0.1) is 0 Å². The standard InChI is InChI=1S/Fe.Li.H3O4P.2V.H/c;;1-5(2,3)4;;;/h;;(H3,1,2,3,4);;;. The smallest absolute Gasteiger partial charge is 0 e. The van der Waals surface area contributed by atoms with Gasteiger partial charge in [0.15, 0.2) is 0 Å². The Labute approximate surface area is 99.2 Å². The summed E-state index contributed by atoms with van der Waals surface area (Å²) in [7, 11) is -4.64. The molecule has 0 aromatic carbocycles. The van der Waals surface area contributed by atoms with E-state index in [0.29, 0.717) is 0 Å². The second-order valence-electron chi connectivity index (χ2n) is 0.513. The number of phosphoric acid groups is 1. The van der Waals surface area contributed by atoms with E-state index in [1.807, 2.05) is 0 Å². The second-order valence-corrected chi connectivity index (χ2v) is 1.54.